The summed E-state index contributed by atoms with van der Waals surface area (Å²) in [5, 5.41) is 38.6. The highest BCUT2D eigenvalue weighted by molar-refractivity contribution is 5.98. The number of guanidine groups is 1. The Morgan fingerprint density at radius 3 is 1.41 bits per heavy atom. The zero-order valence-corrected chi connectivity index (χ0v) is 41.3. The van der Waals surface area contributed by atoms with Crippen molar-refractivity contribution in [1.29, 1.82) is 0 Å². The molecule has 0 spiro atoms. The van der Waals surface area contributed by atoms with Gasteiger partial charge in [0.2, 0.25) is 53.2 Å². The number of carboxylic acids is 2. The van der Waals surface area contributed by atoms with E-state index in [1.807, 2.05) is 0 Å². The standard InChI is InChI=1S/C43H78N14O13/c1-8-21(4)32(41(68)57-34(23(6)10-3)40(67)52-26(14-11-12-16-44)37(64)51-24(7)42(69)70)55-30(59)20-50-36(63)28(19-31(60)61)54-38(65)27(15-13-17-49-43(47)48)53-39(66)33(22(5)9-2)56-35(62)25(45)18-29(46)58/h21-28,32-34H,8-20,44-45H2,1-7H3,(H2,46,58)(H,50,63)(H,51,64)(H,52,67)(H,53,66)(H,54,65)(H,55,59)(H,56,62)(H,57,68)(H,60,61)(H,69,70)(H4,47,48,49)/t21-,22-,23-,24-,25-,26-,27-,28-,32-,33-,34-/m0/s1. The van der Waals surface area contributed by atoms with Crippen LogP contribution in [-0.4, -0.2) is 149 Å². The first kappa shape index (κ1) is 63.4. The molecule has 0 saturated heterocycles. The maximum absolute atomic E-state index is 13.9. The number of aliphatic carboxylic acids is 2. The molecule has 0 aromatic heterocycles. The zero-order valence-electron chi connectivity index (χ0n) is 41.3. The number of nitrogens with zero attached hydrogens (tertiary/aromatic N) is 1. The van der Waals surface area contributed by atoms with E-state index in [0.29, 0.717) is 38.6 Å². The monoisotopic (exact) mass is 999 g/mol. The maximum atomic E-state index is 13.9. The quantitative estimate of drug-likeness (QED) is 0.0162. The molecule has 0 aliphatic carbocycles. The van der Waals surface area contributed by atoms with E-state index in [2.05, 4.69) is 47.5 Å². The summed E-state index contributed by atoms with van der Waals surface area (Å²) in [6.07, 6.45) is 0.561. The first-order valence-corrected chi connectivity index (χ1v) is 23.4. The predicted octanol–water partition coefficient (Wildman–Crippen LogP) is -4.40. The van der Waals surface area contributed by atoms with Crippen molar-refractivity contribution in [2.24, 2.45) is 51.4 Å². The summed E-state index contributed by atoms with van der Waals surface area (Å²) in [4.78, 5) is 146. The molecule has 0 aliphatic rings. The van der Waals surface area contributed by atoms with Gasteiger partial charge in [-0.25, -0.2) is 0 Å². The average molecular weight is 999 g/mol. The van der Waals surface area contributed by atoms with Crippen molar-refractivity contribution in [3.05, 3.63) is 0 Å². The fourth-order valence-electron chi connectivity index (χ4n) is 6.52. The molecular weight excluding hydrogens is 921 g/mol. The third kappa shape index (κ3) is 24.1. The van der Waals surface area contributed by atoms with Crippen molar-refractivity contribution < 1.29 is 63.0 Å². The van der Waals surface area contributed by atoms with Crippen LogP contribution in [0.3, 0.4) is 0 Å². The fourth-order valence-corrected chi connectivity index (χ4v) is 6.52. The molecule has 70 heavy (non-hydrogen) atoms. The van der Waals surface area contributed by atoms with Gasteiger partial charge in [0.15, 0.2) is 5.96 Å². The minimum Gasteiger partial charge on any atom is -0.481 e. The van der Waals surface area contributed by atoms with Crippen LogP contribution in [0.25, 0.3) is 0 Å². The number of nitrogens with two attached hydrogens (primary N) is 5. The van der Waals surface area contributed by atoms with Crippen molar-refractivity contribution in [2.45, 2.75) is 161 Å². The second kappa shape index (κ2) is 33.0. The molecule has 0 heterocycles. The van der Waals surface area contributed by atoms with Gasteiger partial charge >= 0.3 is 11.9 Å². The van der Waals surface area contributed by atoms with Crippen molar-refractivity contribution in [1.82, 2.24) is 42.5 Å². The highest BCUT2D eigenvalue weighted by Gasteiger charge is 2.36. The van der Waals surface area contributed by atoms with Crippen LogP contribution in [0, 0.1) is 17.8 Å². The van der Waals surface area contributed by atoms with Crippen LogP contribution < -0.4 is 71.2 Å². The Bertz CT molecular complexity index is 1830. The van der Waals surface area contributed by atoms with E-state index in [0.717, 1.165) is 0 Å². The van der Waals surface area contributed by atoms with Crippen LogP contribution in [0.4, 0.5) is 0 Å². The number of amides is 9. The SMILES string of the molecule is CC[C@H](C)[C@H](NC(=O)CNC(=O)[C@H](CC(=O)O)NC(=O)[C@H](CCCN=C(N)N)NC(=O)[C@@H](NC(=O)[C@@H](N)CC(N)=O)[C@@H](C)CC)C(=O)N[C@H](C(=O)N[C@@H](CCCCN)C(=O)N[C@@H](C)C(=O)O)[C@@H](C)CC. The van der Waals surface area contributed by atoms with Crippen molar-refractivity contribution in [3.63, 3.8) is 0 Å². The Morgan fingerprint density at radius 1 is 0.529 bits per heavy atom. The van der Waals surface area contributed by atoms with E-state index in [9.17, 15) is 63.0 Å². The lowest BCUT2D eigenvalue weighted by Crippen LogP contribution is -2.60. The van der Waals surface area contributed by atoms with Crippen LogP contribution in [0.2, 0.25) is 0 Å². The predicted molar refractivity (Wildman–Crippen MR) is 255 cm³/mol. The normalized spacial score (nSPS) is 15.7. The molecule has 0 saturated carbocycles. The molecule has 0 rings (SSSR count). The second-order valence-electron chi connectivity index (χ2n) is 17.3. The molecule has 0 aromatic rings. The fraction of sp³-hybridized carbons (Fsp3) is 0.721. The van der Waals surface area contributed by atoms with Gasteiger partial charge in [-0.1, -0.05) is 60.8 Å². The number of unbranched alkanes of at least 4 members (excludes halogenated alkanes) is 1. The number of nitrogens with one attached hydrogen (secondary N) is 8. The largest absolute Gasteiger partial charge is 0.481 e. The summed E-state index contributed by atoms with van der Waals surface area (Å²) in [7, 11) is 0. The van der Waals surface area contributed by atoms with E-state index in [1.165, 1.54) is 6.92 Å². The number of hydrogen-bond acceptors (Lipinski definition) is 14. The van der Waals surface area contributed by atoms with Gasteiger partial charge in [-0.05, 0) is 63.3 Å². The van der Waals surface area contributed by atoms with Gasteiger partial charge in [-0.3, -0.25) is 57.7 Å². The van der Waals surface area contributed by atoms with Gasteiger partial charge in [0.25, 0.3) is 0 Å². The summed E-state index contributed by atoms with van der Waals surface area (Å²) >= 11 is 0. The summed E-state index contributed by atoms with van der Waals surface area (Å²) in [5.41, 5.74) is 27.3. The van der Waals surface area contributed by atoms with E-state index >= 15 is 0 Å². The highest BCUT2D eigenvalue weighted by Crippen LogP contribution is 2.14. The van der Waals surface area contributed by atoms with Gasteiger partial charge < -0.3 is 81.4 Å². The lowest BCUT2D eigenvalue weighted by Gasteiger charge is -2.30. The molecule has 0 aromatic carbocycles. The van der Waals surface area contributed by atoms with E-state index in [1.54, 1.807) is 41.5 Å². The maximum Gasteiger partial charge on any atom is 0.325 e. The Hall–Kier alpha value is -6.64. The van der Waals surface area contributed by atoms with E-state index < -0.39 is 151 Å². The van der Waals surface area contributed by atoms with Crippen LogP contribution in [0.15, 0.2) is 4.99 Å². The average Bonchev–Trinajstić information content (AvgIpc) is 3.29. The number of carbonyl (C=O) groups is 11. The first-order valence-electron chi connectivity index (χ1n) is 23.4. The van der Waals surface area contributed by atoms with E-state index in [4.69, 9.17) is 28.7 Å². The Kier molecular flexibility index (Phi) is 29.9. The molecule has 9 amide bonds. The molecule has 398 valence electrons. The Labute approximate surface area is 407 Å². The van der Waals surface area contributed by atoms with Crippen molar-refractivity contribution in [3.8, 4) is 0 Å². The minimum atomic E-state index is -1.82. The molecule has 20 N–H and O–H groups in total. The smallest absolute Gasteiger partial charge is 0.325 e. The topological polar surface area (TPSA) is 467 Å². The number of rotatable bonds is 35. The number of carbonyl (C=O) groups excluding carboxylic acids is 9. The number of hydrogen-bond donors (Lipinski definition) is 15. The molecule has 0 unspecified atom stereocenters. The van der Waals surface area contributed by atoms with Crippen molar-refractivity contribution >= 4 is 71.1 Å². The zero-order chi connectivity index (χ0) is 53.8. The third-order valence-corrected chi connectivity index (χ3v) is 11.5. The lowest BCUT2D eigenvalue weighted by molar-refractivity contribution is -0.142. The molecule has 0 aliphatic heterocycles. The van der Waals surface area contributed by atoms with Crippen LogP contribution in [0.5, 0.6) is 0 Å². The van der Waals surface area contributed by atoms with Gasteiger partial charge in [-0.15, -0.1) is 0 Å². The van der Waals surface area contributed by atoms with E-state index in [-0.39, 0.29) is 31.8 Å². The molecule has 27 nitrogen and oxygen atoms in total. The Balaban J connectivity index is 6.37. The molecular formula is C43H78N14O13. The third-order valence-electron chi connectivity index (χ3n) is 11.5. The highest BCUT2D eigenvalue weighted by atomic mass is 16.4. The van der Waals surface area contributed by atoms with Gasteiger partial charge in [0, 0.05) is 6.54 Å². The minimum absolute atomic E-state index is 0.00479. The lowest BCUT2D eigenvalue weighted by atomic mass is 9.94. The summed E-state index contributed by atoms with van der Waals surface area (Å²) < 4.78 is 0. The van der Waals surface area contributed by atoms with Gasteiger partial charge in [-0.2, -0.15) is 0 Å². The number of aliphatic imine (C=N–C) groups is 1. The Morgan fingerprint density at radius 2 is 0.971 bits per heavy atom. The summed E-state index contributed by atoms with van der Waals surface area (Å²) in [6.45, 7) is 10.9. The molecule has 0 bridgehead atoms. The number of primary amides is 1. The van der Waals surface area contributed by atoms with Gasteiger partial charge in [0.05, 0.1) is 25.4 Å². The molecule has 0 radical (unpaired) electrons. The number of carboxylic acid groups (broad SMARTS) is 2. The van der Waals surface area contributed by atoms with Gasteiger partial charge in [0.1, 0.15) is 42.3 Å². The molecule has 27 heteroatoms. The second-order valence-corrected chi connectivity index (χ2v) is 17.3. The van der Waals surface area contributed by atoms with Crippen LogP contribution in [0.1, 0.15) is 113 Å². The van der Waals surface area contributed by atoms with Crippen LogP contribution >= 0.6 is 0 Å². The summed E-state index contributed by atoms with van der Waals surface area (Å²) in [6, 6.07) is -10.9. The van der Waals surface area contributed by atoms with Crippen molar-refractivity contribution in [2.75, 3.05) is 19.6 Å². The first-order chi connectivity index (χ1) is 32.7. The summed E-state index contributed by atoms with van der Waals surface area (Å²) in [5.74, 6) is -12.6. The molecule has 11 atom stereocenters. The van der Waals surface area contributed by atoms with Crippen LogP contribution in [-0.2, 0) is 52.7 Å². The molecule has 0 fully saturated rings.